The van der Waals surface area contributed by atoms with Gasteiger partial charge in [-0.25, -0.2) is 0 Å². The lowest BCUT2D eigenvalue weighted by molar-refractivity contribution is -0.141. The molecule has 0 unspecified atom stereocenters. The maximum absolute atomic E-state index is 12.3. The zero-order valence-corrected chi connectivity index (χ0v) is 10.9. The molecule has 0 radical (unpaired) electrons. The fourth-order valence-corrected chi connectivity index (χ4v) is 1.61. The van der Waals surface area contributed by atoms with E-state index in [0.717, 1.165) is 31.2 Å². The molecule has 1 aromatic rings. The normalized spacial score (nSPS) is 11.7. The van der Waals surface area contributed by atoms with Crippen molar-refractivity contribution in [1.29, 1.82) is 0 Å². The lowest BCUT2D eigenvalue weighted by Crippen LogP contribution is -2.29. The predicted octanol–water partition coefficient (Wildman–Crippen LogP) is 3.27. The highest BCUT2D eigenvalue weighted by molar-refractivity contribution is 5.93. The Morgan fingerprint density at radius 3 is 2.37 bits per heavy atom. The number of carbonyl (C=O) groups excluding carboxylic acids is 1. The second-order valence-corrected chi connectivity index (χ2v) is 4.32. The van der Waals surface area contributed by atoms with Crippen LogP contribution in [0.5, 0.6) is 0 Å². The van der Waals surface area contributed by atoms with Gasteiger partial charge < -0.3 is 5.32 Å². The molecule has 0 aromatic carbocycles. The predicted molar refractivity (Wildman–Crippen MR) is 65.6 cm³/mol. The second kappa shape index (κ2) is 6.54. The summed E-state index contributed by atoms with van der Waals surface area (Å²) in [5.74, 6) is -0.0144. The summed E-state index contributed by atoms with van der Waals surface area (Å²) in [6.45, 7) is 4.58. The minimum Gasteiger partial charge on any atom is -0.352 e. The third-order valence-corrected chi connectivity index (χ3v) is 3.02. The monoisotopic (exact) mass is 274 g/mol. The van der Waals surface area contributed by atoms with Gasteiger partial charge in [0.05, 0.1) is 5.56 Å². The number of aromatic nitrogens is 1. The molecule has 3 nitrogen and oxygen atoms in total. The first kappa shape index (κ1) is 15.5. The number of amides is 1. The van der Waals surface area contributed by atoms with Crippen LogP contribution in [0.3, 0.4) is 0 Å². The van der Waals surface area contributed by atoms with Crippen LogP contribution in [0.4, 0.5) is 13.2 Å². The average molecular weight is 274 g/mol. The largest absolute Gasteiger partial charge is 0.433 e. The van der Waals surface area contributed by atoms with Gasteiger partial charge in [0.1, 0.15) is 5.69 Å². The smallest absolute Gasteiger partial charge is 0.352 e. The molecule has 0 atom stereocenters. The van der Waals surface area contributed by atoms with Crippen molar-refractivity contribution in [3.63, 3.8) is 0 Å². The maximum atomic E-state index is 12.3. The Labute approximate surface area is 110 Å². The topological polar surface area (TPSA) is 42.0 Å². The molecule has 0 aliphatic rings. The highest BCUT2D eigenvalue weighted by atomic mass is 19.4. The van der Waals surface area contributed by atoms with Crippen molar-refractivity contribution in [2.24, 2.45) is 5.92 Å². The van der Waals surface area contributed by atoms with Crippen molar-refractivity contribution in [1.82, 2.24) is 10.3 Å². The van der Waals surface area contributed by atoms with Gasteiger partial charge >= 0.3 is 6.18 Å². The van der Waals surface area contributed by atoms with Crippen LogP contribution in [-0.4, -0.2) is 17.4 Å². The molecule has 0 saturated heterocycles. The quantitative estimate of drug-likeness (QED) is 0.895. The third-order valence-electron chi connectivity index (χ3n) is 3.02. The number of hydrogen-bond donors (Lipinski definition) is 1. The summed E-state index contributed by atoms with van der Waals surface area (Å²) < 4.78 is 36.9. The average Bonchev–Trinajstić information content (AvgIpc) is 2.39. The van der Waals surface area contributed by atoms with Crippen LogP contribution in [0.15, 0.2) is 18.3 Å². The third kappa shape index (κ3) is 4.54. The molecule has 19 heavy (non-hydrogen) atoms. The summed E-state index contributed by atoms with van der Waals surface area (Å²) in [6, 6.07) is 1.95. The van der Waals surface area contributed by atoms with E-state index in [2.05, 4.69) is 10.3 Å². The highest BCUT2D eigenvalue weighted by Crippen LogP contribution is 2.27. The van der Waals surface area contributed by atoms with Crippen LogP contribution in [0.1, 0.15) is 42.7 Å². The van der Waals surface area contributed by atoms with Gasteiger partial charge in [-0.3, -0.25) is 9.78 Å². The van der Waals surface area contributed by atoms with Gasteiger partial charge in [0.25, 0.3) is 5.91 Å². The van der Waals surface area contributed by atoms with Crippen LogP contribution in [0, 0.1) is 5.92 Å². The minimum atomic E-state index is -4.48. The molecule has 0 spiro atoms. The fraction of sp³-hybridized carbons (Fsp3) is 0.538. The van der Waals surface area contributed by atoms with E-state index in [4.69, 9.17) is 0 Å². The fourth-order valence-electron chi connectivity index (χ4n) is 1.61. The number of carbonyl (C=O) groups is 1. The number of nitrogens with zero attached hydrogens (tertiary/aromatic N) is 1. The van der Waals surface area contributed by atoms with E-state index < -0.39 is 17.8 Å². The summed E-state index contributed by atoms with van der Waals surface area (Å²) in [6.07, 6.45) is -1.64. The van der Waals surface area contributed by atoms with Crippen molar-refractivity contribution in [2.75, 3.05) is 6.54 Å². The van der Waals surface area contributed by atoms with Gasteiger partial charge in [0, 0.05) is 12.7 Å². The molecule has 1 amide bonds. The highest BCUT2D eigenvalue weighted by Gasteiger charge is 2.32. The lowest BCUT2D eigenvalue weighted by Gasteiger charge is -2.13. The molecule has 0 bridgehead atoms. The van der Waals surface area contributed by atoms with Gasteiger partial charge in [-0.2, -0.15) is 13.2 Å². The first-order chi connectivity index (χ1) is 8.88. The van der Waals surface area contributed by atoms with Crippen molar-refractivity contribution in [3.05, 3.63) is 29.6 Å². The zero-order chi connectivity index (χ0) is 14.5. The van der Waals surface area contributed by atoms with Crippen molar-refractivity contribution in [3.8, 4) is 0 Å². The number of pyridine rings is 1. The Balaban J connectivity index is 2.63. The van der Waals surface area contributed by atoms with Gasteiger partial charge in [0.15, 0.2) is 0 Å². The second-order valence-electron chi connectivity index (χ2n) is 4.32. The van der Waals surface area contributed by atoms with E-state index in [9.17, 15) is 18.0 Å². The van der Waals surface area contributed by atoms with Crippen LogP contribution >= 0.6 is 0 Å². The van der Waals surface area contributed by atoms with Gasteiger partial charge in [-0.1, -0.05) is 26.7 Å². The first-order valence-corrected chi connectivity index (χ1v) is 6.19. The Morgan fingerprint density at radius 1 is 1.32 bits per heavy atom. The molecular formula is C13H17F3N2O. The Kier molecular flexibility index (Phi) is 5.32. The van der Waals surface area contributed by atoms with Crippen LogP contribution < -0.4 is 5.32 Å². The van der Waals surface area contributed by atoms with Crippen LogP contribution in [0.25, 0.3) is 0 Å². The summed E-state index contributed by atoms with van der Waals surface area (Å²) in [4.78, 5) is 15.0. The number of alkyl halides is 3. The summed E-state index contributed by atoms with van der Waals surface area (Å²) in [7, 11) is 0. The van der Waals surface area contributed by atoms with E-state index in [1.807, 2.05) is 13.8 Å². The molecule has 0 saturated carbocycles. The number of hydrogen-bond acceptors (Lipinski definition) is 2. The van der Waals surface area contributed by atoms with Crippen molar-refractivity contribution < 1.29 is 18.0 Å². The molecule has 0 fully saturated rings. The number of halogens is 3. The van der Waals surface area contributed by atoms with Gasteiger partial charge in [0.2, 0.25) is 0 Å². The van der Waals surface area contributed by atoms with Crippen LogP contribution in [0.2, 0.25) is 0 Å². The van der Waals surface area contributed by atoms with Gasteiger partial charge in [-0.15, -0.1) is 0 Å². The molecule has 1 aromatic heterocycles. The van der Waals surface area contributed by atoms with E-state index in [1.165, 1.54) is 0 Å². The summed E-state index contributed by atoms with van der Waals surface area (Å²) in [5, 5.41) is 2.70. The van der Waals surface area contributed by atoms with E-state index >= 15 is 0 Å². The van der Waals surface area contributed by atoms with Crippen LogP contribution in [-0.2, 0) is 6.18 Å². The van der Waals surface area contributed by atoms with E-state index in [1.54, 1.807) is 0 Å². The Bertz CT molecular complexity index is 411. The molecule has 1 rings (SSSR count). The van der Waals surface area contributed by atoms with E-state index in [0.29, 0.717) is 12.5 Å². The first-order valence-electron chi connectivity index (χ1n) is 6.19. The zero-order valence-electron chi connectivity index (χ0n) is 10.9. The standard InChI is InChI=1S/C13H17F3N2O/c1-3-9(4-2)7-18-12(19)10-5-6-11(17-8-10)13(14,15)16/h5-6,8-9H,3-4,7H2,1-2H3,(H,18,19). The summed E-state index contributed by atoms with van der Waals surface area (Å²) in [5.41, 5.74) is -0.858. The SMILES string of the molecule is CCC(CC)CNC(=O)c1ccc(C(F)(F)F)nc1. The molecule has 106 valence electrons. The maximum Gasteiger partial charge on any atom is 0.433 e. The van der Waals surface area contributed by atoms with Crippen molar-refractivity contribution >= 4 is 5.91 Å². The number of rotatable bonds is 5. The van der Waals surface area contributed by atoms with Gasteiger partial charge in [-0.05, 0) is 18.1 Å². The molecule has 0 aliphatic heterocycles. The number of nitrogens with one attached hydrogen (secondary N) is 1. The minimum absolute atomic E-state index is 0.138. The Hall–Kier alpha value is -1.59. The molecule has 6 heteroatoms. The summed E-state index contributed by atoms with van der Waals surface area (Å²) >= 11 is 0. The molecule has 0 aliphatic carbocycles. The van der Waals surface area contributed by atoms with E-state index in [-0.39, 0.29) is 5.56 Å². The molecular weight excluding hydrogens is 257 g/mol. The molecule has 1 heterocycles. The Morgan fingerprint density at radius 2 is 1.95 bits per heavy atom. The lowest BCUT2D eigenvalue weighted by atomic mass is 10.0. The molecule has 1 N–H and O–H groups in total. The van der Waals surface area contributed by atoms with Crippen molar-refractivity contribution in [2.45, 2.75) is 32.9 Å².